The third-order valence-electron chi connectivity index (χ3n) is 4.69. The second kappa shape index (κ2) is 8.20. The summed E-state index contributed by atoms with van der Waals surface area (Å²) in [6.45, 7) is 3.60. The van der Waals surface area contributed by atoms with Crippen LogP contribution in [0, 0.1) is 11.7 Å². The van der Waals surface area contributed by atoms with Gasteiger partial charge in [0, 0.05) is 17.2 Å². The molecule has 3 rings (SSSR count). The van der Waals surface area contributed by atoms with E-state index in [9.17, 15) is 14.0 Å². The van der Waals surface area contributed by atoms with Gasteiger partial charge in [-0.1, -0.05) is 30.3 Å². The molecule has 3 N–H and O–H groups in total. The van der Waals surface area contributed by atoms with E-state index in [1.807, 2.05) is 31.2 Å². The lowest BCUT2D eigenvalue weighted by molar-refractivity contribution is -0.117. The van der Waals surface area contributed by atoms with E-state index in [4.69, 9.17) is 0 Å². The lowest BCUT2D eigenvalue weighted by atomic mass is 10.1. The number of hydrogen-bond donors (Lipinski definition) is 3. The predicted octanol–water partition coefficient (Wildman–Crippen LogP) is 4.30. The molecule has 0 radical (unpaired) electrons. The zero-order valence-corrected chi connectivity index (χ0v) is 15.5. The molecule has 142 valence electrons. The Morgan fingerprint density at radius 3 is 2.22 bits per heavy atom. The maximum atomic E-state index is 13.8. The van der Waals surface area contributed by atoms with Crippen LogP contribution in [0.15, 0.2) is 48.5 Å². The van der Waals surface area contributed by atoms with Crippen molar-refractivity contribution in [3.63, 3.8) is 0 Å². The molecule has 3 amide bonds. The largest absolute Gasteiger partial charge is 0.332 e. The fourth-order valence-electron chi connectivity index (χ4n) is 2.87. The van der Waals surface area contributed by atoms with Crippen LogP contribution < -0.4 is 16.0 Å². The molecular weight excluding hydrogens is 345 g/mol. The molecule has 2 aromatic carbocycles. The lowest BCUT2D eigenvalue weighted by Crippen LogP contribution is -2.38. The molecule has 1 aliphatic rings. The smallest absolute Gasteiger partial charge is 0.315 e. The normalized spacial score (nSPS) is 15.5. The highest BCUT2D eigenvalue weighted by atomic mass is 19.1. The third kappa shape index (κ3) is 5.06. The standard InChI is InChI=1S/C21H24FN3O2/c1-13(15-9-11-17(12-10-15)25-20(26)16-7-8-16)23-21(27)24-14(2)18-5-3-4-6-19(18)22/h3-6,9-14,16H,7-8H2,1-2H3,(H,25,26)(H2,23,24,27)/t13-,14-/m0/s1. The van der Waals surface area contributed by atoms with E-state index >= 15 is 0 Å². The van der Waals surface area contributed by atoms with Gasteiger partial charge in [0.1, 0.15) is 5.82 Å². The number of hydrogen-bond acceptors (Lipinski definition) is 2. The van der Waals surface area contributed by atoms with Gasteiger partial charge in [-0.3, -0.25) is 4.79 Å². The minimum Gasteiger partial charge on any atom is -0.332 e. The van der Waals surface area contributed by atoms with Crippen LogP contribution in [0.1, 0.15) is 49.9 Å². The molecule has 27 heavy (non-hydrogen) atoms. The van der Waals surface area contributed by atoms with Crippen molar-refractivity contribution >= 4 is 17.6 Å². The van der Waals surface area contributed by atoms with Crippen molar-refractivity contribution in [2.75, 3.05) is 5.32 Å². The Morgan fingerprint density at radius 2 is 1.59 bits per heavy atom. The summed E-state index contributed by atoms with van der Waals surface area (Å²) in [4.78, 5) is 24.0. The first-order valence-corrected chi connectivity index (χ1v) is 9.16. The fourth-order valence-corrected chi connectivity index (χ4v) is 2.87. The van der Waals surface area contributed by atoms with Crippen LogP contribution in [0.5, 0.6) is 0 Å². The Hall–Kier alpha value is -2.89. The zero-order valence-electron chi connectivity index (χ0n) is 15.5. The fraction of sp³-hybridized carbons (Fsp3) is 0.333. The molecule has 1 fully saturated rings. The highest BCUT2D eigenvalue weighted by Gasteiger charge is 2.29. The summed E-state index contributed by atoms with van der Waals surface area (Å²) >= 11 is 0. The Kier molecular flexibility index (Phi) is 5.74. The van der Waals surface area contributed by atoms with E-state index in [0.717, 1.165) is 24.1 Å². The van der Waals surface area contributed by atoms with Crippen molar-refractivity contribution in [3.8, 4) is 0 Å². The quantitative estimate of drug-likeness (QED) is 0.711. The molecule has 0 heterocycles. The lowest BCUT2D eigenvalue weighted by Gasteiger charge is -2.19. The van der Waals surface area contributed by atoms with Gasteiger partial charge in [0.15, 0.2) is 0 Å². The number of anilines is 1. The SMILES string of the molecule is C[C@H](NC(=O)N[C@@H](C)c1ccccc1F)c1ccc(NC(=O)C2CC2)cc1. The highest BCUT2D eigenvalue weighted by molar-refractivity contribution is 5.94. The van der Waals surface area contributed by atoms with Crippen molar-refractivity contribution < 1.29 is 14.0 Å². The van der Waals surface area contributed by atoms with Gasteiger partial charge in [0.25, 0.3) is 0 Å². The topological polar surface area (TPSA) is 70.2 Å². The van der Waals surface area contributed by atoms with Gasteiger partial charge in [0.05, 0.1) is 12.1 Å². The maximum absolute atomic E-state index is 13.8. The van der Waals surface area contributed by atoms with E-state index < -0.39 is 6.04 Å². The van der Waals surface area contributed by atoms with E-state index in [-0.39, 0.29) is 29.7 Å². The Balaban J connectivity index is 1.53. The number of carbonyl (C=O) groups is 2. The molecule has 1 aliphatic carbocycles. The molecule has 2 aromatic rings. The number of amides is 3. The molecule has 5 nitrogen and oxygen atoms in total. The first-order chi connectivity index (χ1) is 12.9. The number of halogens is 1. The molecule has 1 saturated carbocycles. The first-order valence-electron chi connectivity index (χ1n) is 9.16. The summed E-state index contributed by atoms with van der Waals surface area (Å²) < 4.78 is 13.8. The van der Waals surface area contributed by atoms with Gasteiger partial charge in [-0.25, -0.2) is 9.18 Å². The molecule has 0 unspecified atom stereocenters. The van der Waals surface area contributed by atoms with Crippen LogP contribution in [0.4, 0.5) is 14.9 Å². The first kappa shape index (κ1) is 18.9. The Morgan fingerprint density at radius 1 is 0.963 bits per heavy atom. The van der Waals surface area contributed by atoms with Crippen LogP contribution in [0.3, 0.4) is 0 Å². The molecule has 0 bridgehead atoms. The van der Waals surface area contributed by atoms with E-state index in [2.05, 4.69) is 16.0 Å². The average Bonchev–Trinajstić information content (AvgIpc) is 3.47. The van der Waals surface area contributed by atoms with Crippen LogP contribution >= 0.6 is 0 Å². The van der Waals surface area contributed by atoms with E-state index in [1.165, 1.54) is 6.07 Å². The molecular formula is C21H24FN3O2. The van der Waals surface area contributed by atoms with Crippen molar-refractivity contribution in [1.82, 2.24) is 10.6 Å². The van der Waals surface area contributed by atoms with Crippen LogP contribution in [0.25, 0.3) is 0 Å². The average molecular weight is 369 g/mol. The monoisotopic (exact) mass is 369 g/mol. The molecule has 0 saturated heterocycles. The van der Waals surface area contributed by atoms with Gasteiger partial charge in [-0.2, -0.15) is 0 Å². The van der Waals surface area contributed by atoms with Gasteiger partial charge in [0.2, 0.25) is 5.91 Å². The molecule has 2 atom stereocenters. The number of rotatable bonds is 6. The van der Waals surface area contributed by atoms with E-state index in [1.54, 1.807) is 25.1 Å². The molecule has 0 aromatic heterocycles. The van der Waals surface area contributed by atoms with Crippen molar-refractivity contribution in [1.29, 1.82) is 0 Å². The predicted molar refractivity (Wildman–Crippen MR) is 103 cm³/mol. The van der Waals surface area contributed by atoms with Crippen molar-refractivity contribution in [2.24, 2.45) is 5.92 Å². The number of benzene rings is 2. The third-order valence-corrected chi connectivity index (χ3v) is 4.69. The molecule has 0 spiro atoms. The number of nitrogens with one attached hydrogen (secondary N) is 3. The number of carbonyl (C=O) groups excluding carboxylic acids is 2. The highest BCUT2D eigenvalue weighted by Crippen LogP contribution is 2.30. The molecule has 0 aliphatic heterocycles. The van der Waals surface area contributed by atoms with Crippen molar-refractivity contribution in [2.45, 2.75) is 38.8 Å². The zero-order chi connectivity index (χ0) is 19.4. The summed E-state index contributed by atoms with van der Waals surface area (Å²) in [5.74, 6) is -0.122. The van der Waals surface area contributed by atoms with Gasteiger partial charge in [-0.05, 0) is 50.5 Å². The number of urea groups is 1. The van der Waals surface area contributed by atoms with Crippen LogP contribution in [0.2, 0.25) is 0 Å². The Labute approximate surface area is 158 Å². The van der Waals surface area contributed by atoms with Gasteiger partial charge < -0.3 is 16.0 Å². The second-order valence-electron chi connectivity index (χ2n) is 6.97. The van der Waals surface area contributed by atoms with Gasteiger partial charge >= 0.3 is 6.03 Å². The van der Waals surface area contributed by atoms with E-state index in [0.29, 0.717) is 5.56 Å². The van der Waals surface area contributed by atoms with Crippen LogP contribution in [-0.2, 0) is 4.79 Å². The van der Waals surface area contributed by atoms with Gasteiger partial charge in [-0.15, -0.1) is 0 Å². The summed E-state index contributed by atoms with van der Waals surface area (Å²) in [5.41, 5.74) is 2.10. The summed E-state index contributed by atoms with van der Waals surface area (Å²) in [5, 5.41) is 8.48. The Bertz CT molecular complexity index is 818. The summed E-state index contributed by atoms with van der Waals surface area (Å²) in [6.07, 6.45) is 1.93. The maximum Gasteiger partial charge on any atom is 0.315 e. The second-order valence-corrected chi connectivity index (χ2v) is 6.97. The minimum atomic E-state index is -0.446. The van der Waals surface area contributed by atoms with Crippen molar-refractivity contribution in [3.05, 3.63) is 65.5 Å². The van der Waals surface area contributed by atoms with Crippen LogP contribution in [-0.4, -0.2) is 11.9 Å². The summed E-state index contributed by atoms with van der Waals surface area (Å²) in [7, 11) is 0. The summed E-state index contributed by atoms with van der Waals surface area (Å²) in [6, 6.07) is 12.7. The molecule has 6 heteroatoms. The minimum absolute atomic E-state index is 0.0652.